The lowest BCUT2D eigenvalue weighted by molar-refractivity contribution is 1.40. The molecular formula is C7H7Cl2N. The molecule has 0 saturated heterocycles. The molecule has 54 valence electrons. The molecule has 1 aromatic rings. The molecule has 0 aliphatic carbocycles. The summed E-state index contributed by atoms with van der Waals surface area (Å²) in [6.07, 6.45) is 0. The Labute approximate surface area is 69.7 Å². The molecule has 0 aliphatic heterocycles. The molecule has 0 bridgehead atoms. The Bertz CT molecular complexity index is 235. The van der Waals surface area contributed by atoms with Crippen molar-refractivity contribution in [3.05, 3.63) is 28.8 Å². The number of nitrogens with two attached hydrogens (primary N) is 1. The highest BCUT2D eigenvalue weighted by Gasteiger charge is 1.96. The molecule has 2 N–H and O–H groups in total. The quantitative estimate of drug-likeness (QED) is 0.516. The summed E-state index contributed by atoms with van der Waals surface area (Å²) in [5.41, 5.74) is 7.03. The lowest BCUT2D eigenvalue weighted by Crippen LogP contribution is -1.86. The number of benzene rings is 1. The molecule has 0 saturated carbocycles. The zero-order valence-electron chi connectivity index (χ0n) is 5.27. The second-order valence-electron chi connectivity index (χ2n) is 1.98. The predicted molar refractivity (Wildman–Crippen MR) is 45.4 cm³/mol. The van der Waals surface area contributed by atoms with Crippen molar-refractivity contribution < 1.29 is 0 Å². The highest BCUT2D eigenvalue weighted by atomic mass is 35.5. The van der Waals surface area contributed by atoms with Crippen molar-refractivity contribution >= 4 is 28.9 Å². The minimum absolute atomic E-state index is 0.430. The Kier molecular flexibility index (Phi) is 2.41. The van der Waals surface area contributed by atoms with Gasteiger partial charge in [-0.15, -0.1) is 11.6 Å². The van der Waals surface area contributed by atoms with Gasteiger partial charge in [0.1, 0.15) is 0 Å². The SMILES string of the molecule is Nc1ccc(CCl)c(Cl)c1. The van der Waals surface area contributed by atoms with Crippen LogP contribution in [0.2, 0.25) is 5.02 Å². The van der Waals surface area contributed by atoms with Crippen molar-refractivity contribution in [2.75, 3.05) is 5.73 Å². The summed E-state index contributed by atoms with van der Waals surface area (Å²) in [7, 11) is 0. The highest BCUT2D eigenvalue weighted by Crippen LogP contribution is 2.20. The maximum atomic E-state index is 5.77. The third kappa shape index (κ3) is 1.55. The largest absolute Gasteiger partial charge is 0.399 e. The molecule has 10 heavy (non-hydrogen) atoms. The molecular weight excluding hydrogens is 169 g/mol. The first-order valence-corrected chi connectivity index (χ1v) is 3.75. The summed E-state index contributed by atoms with van der Waals surface area (Å²) in [5, 5.41) is 0.634. The van der Waals surface area contributed by atoms with E-state index in [9.17, 15) is 0 Å². The van der Waals surface area contributed by atoms with Gasteiger partial charge in [-0.25, -0.2) is 0 Å². The molecule has 0 unspecified atom stereocenters. The standard InChI is InChI=1S/C7H7Cl2N/c8-4-5-1-2-6(10)3-7(5)9/h1-3H,4,10H2. The van der Waals surface area contributed by atoms with Gasteiger partial charge in [-0.1, -0.05) is 17.7 Å². The Morgan fingerprint density at radius 2 is 2.10 bits per heavy atom. The van der Waals surface area contributed by atoms with E-state index in [-0.39, 0.29) is 0 Å². The fourth-order valence-corrected chi connectivity index (χ4v) is 1.23. The van der Waals surface area contributed by atoms with Gasteiger partial charge >= 0.3 is 0 Å². The first-order chi connectivity index (χ1) is 4.74. The van der Waals surface area contributed by atoms with E-state index in [1.165, 1.54) is 0 Å². The van der Waals surface area contributed by atoms with Gasteiger partial charge in [0.25, 0.3) is 0 Å². The zero-order chi connectivity index (χ0) is 7.56. The van der Waals surface area contributed by atoms with E-state index >= 15 is 0 Å². The Balaban J connectivity index is 3.07. The third-order valence-electron chi connectivity index (χ3n) is 1.22. The maximum Gasteiger partial charge on any atom is 0.0488 e. The van der Waals surface area contributed by atoms with E-state index < -0.39 is 0 Å². The monoisotopic (exact) mass is 175 g/mol. The number of nitrogen functional groups attached to an aromatic ring is 1. The summed E-state index contributed by atoms with van der Waals surface area (Å²) in [6.45, 7) is 0. The van der Waals surface area contributed by atoms with E-state index in [4.69, 9.17) is 28.9 Å². The second kappa shape index (κ2) is 3.13. The third-order valence-corrected chi connectivity index (χ3v) is 1.86. The first kappa shape index (κ1) is 7.70. The van der Waals surface area contributed by atoms with Crippen molar-refractivity contribution in [2.45, 2.75) is 5.88 Å². The van der Waals surface area contributed by atoms with Crippen LogP contribution in [0.4, 0.5) is 5.69 Å². The molecule has 0 atom stereocenters. The van der Waals surface area contributed by atoms with Crippen LogP contribution in [0.15, 0.2) is 18.2 Å². The second-order valence-corrected chi connectivity index (χ2v) is 2.66. The molecule has 0 fully saturated rings. The van der Waals surface area contributed by atoms with Crippen LogP contribution in [-0.2, 0) is 5.88 Å². The lowest BCUT2D eigenvalue weighted by atomic mass is 10.2. The van der Waals surface area contributed by atoms with Gasteiger partial charge in [-0.3, -0.25) is 0 Å². The van der Waals surface area contributed by atoms with Crippen LogP contribution in [0.25, 0.3) is 0 Å². The normalized spacial score (nSPS) is 9.80. The summed E-state index contributed by atoms with van der Waals surface area (Å²) >= 11 is 11.3. The van der Waals surface area contributed by atoms with Crippen LogP contribution in [0.1, 0.15) is 5.56 Å². The minimum Gasteiger partial charge on any atom is -0.399 e. The van der Waals surface area contributed by atoms with Crippen LogP contribution in [0.5, 0.6) is 0 Å². The van der Waals surface area contributed by atoms with Crippen molar-refractivity contribution in [3.63, 3.8) is 0 Å². The first-order valence-electron chi connectivity index (χ1n) is 2.84. The Hall–Kier alpha value is -0.400. The van der Waals surface area contributed by atoms with Crippen molar-refractivity contribution in [1.29, 1.82) is 0 Å². The average molecular weight is 176 g/mol. The van der Waals surface area contributed by atoms with Gasteiger partial charge in [-0.05, 0) is 17.7 Å². The summed E-state index contributed by atoms with van der Waals surface area (Å²) in [5.74, 6) is 0.430. The predicted octanol–water partition coefficient (Wildman–Crippen LogP) is 2.66. The van der Waals surface area contributed by atoms with Gasteiger partial charge in [-0.2, -0.15) is 0 Å². The van der Waals surface area contributed by atoms with Gasteiger partial charge in [0.2, 0.25) is 0 Å². The molecule has 0 heterocycles. The fourth-order valence-electron chi connectivity index (χ4n) is 0.672. The fraction of sp³-hybridized carbons (Fsp3) is 0.143. The van der Waals surface area contributed by atoms with E-state index in [2.05, 4.69) is 0 Å². The zero-order valence-corrected chi connectivity index (χ0v) is 6.78. The molecule has 0 radical (unpaired) electrons. The molecule has 1 rings (SSSR count). The van der Waals surface area contributed by atoms with Gasteiger partial charge in [0.05, 0.1) is 0 Å². The van der Waals surface area contributed by atoms with Gasteiger partial charge < -0.3 is 5.73 Å². The van der Waals surface area contributed by atoms with Crippen molar-refractivity contribution in [3.8, 4) is 0 Å². The van der Waals surface area contributed by atoms with Crippen LogP contribution in [0.3, 0.4) is 0 Å². The number of alkyl halides is 1. The smallest absolute Gasteiger partial charge is 0.0488 e. The lowest BCUT2D eigenvalue weighted by Gasteiger charge is -1.99. The molecule has 1 aromatic carbocycles. The number of hydrogen-bond acceptors (Lipinski definition) is 1. The van der Waals surface area contributed by atoms with E-state index in [1.807, 2.05) is 6.07 Å². The van der Waals surface area contributed by atoms with Crippen LogP contribution >= 0.6 is 23.2 Å². The van der Waals surface area contributed by atoms with E-state index in [0.717, 1.165) is 5.56 Å². The Morgan fingerprint density at radius 3 is 2.60 bits per heavy atom. The number of rotatable bonds is 1. The maximum absolute atomic E-state index is 5.77. The molecule has 0 amide bonds. The molecule has 1 nitrogen and oxygen atoms in total. The summed E-state index contributed by atoms with van der Waals surface area (Å²) in [6, 6.07) is 5.30. The topological polar surface area (TPSA) is 26.0 Å². The van der Waals surface area contributed by atoms with E-state index in [0.29, 0.717) is 16.6 Å². The average Bonchev–Trinajstić information content (AvgIpc) is 1.88. The Morgan fingerprint density at radius 1 is 1.40 bits per heavy atom. The number of hydrogen-bond donors (Lipinski definition) is 1. The molecule has 0 aromatic heterocycles. The van der Waals surface area contributed by atoms with Crippen LogP contribution in [-0.4, -0.2) is 0 Å². The van der Waals surface area contributed by atoms with Crippen molar-refractivity contribution in [1.82, 2.24) is 0 Å². The minimum atomic E-state index is 0.430. The molecule has 3 heteroatoms. The number of halogens is 2. The highest BCUT2D eigenvalue weighted by molar-refractivity contribution is 6.32. The molecule has 0 spiro atoms. The summed E-state index contributed by atoms with van der Waals surface area (Å²) in [4.78, 5) is 0. The van der Waals surface area contributed by atoms with Crippen molar-refractivity contribution in [2.24, 2.45) is 0 Å². The number of anilines is 1. The summed E-state index contributed by atoms with van der Waals surface area (Å²) < 4.78 is 0. The van der Waals surface area contributed by atoms with Crippen LogP contribution in [0, 0.1) is 0 Å². The van der Waals surface area contributed by atoms with Gasteiger partial charge in [0, 0.05) is 16.6 Å². The molecule has 0 aliphatic rings. The van der Waals surface area contributed by atoms with Gasteiger partial charge in [0.15, 0.2) is 0 Å². The van der Waals surface area contributed by atoms with Crippen LogP contribution < -0.4 is 5.73 Å². The van der Waals surface area contributed by atoms with E-state index in [1.54, 1.807) is 12.1 Å².